The third-order valence-electron chi connectivity index (χ3n) is 5.97. The van der Waals surface area contributed by atoms with Gasteiger partial charge in [0.2, 0.25) is 0 Å². The van der Waals surface area contributed by atoms with E-state index in [9.17, 15) is 0 Å². The van der Waals surface area contributed by atoms with E-state index in [4.69, 9.17) is 4.98 Å². The van der Waals surface area contributed by atoms with Gasteiger partial charge in [0.15, 0.2) is 0 Å². The first kappa shape index (κ1) is 20.2. The van der Waals surface area contributed by atoms with E-state index in [0.717, 1.165) is 17.6 Å². The van der Waals surface area contributed by atoms with Gasteiger partial charge in [0, 0.05) is 25.9 Å². The third-order valence-corrected chi connectivity index (χ3v) is 7.16. The molecule has 0 saturated carbocycles. The largest absolute Gasteiger partial charge is 0.247 e. The molecule has 0 unspecified atom stereocenters. The van der Waals surface area contributed by atoms with E-state index >= 15 is 0 Å². The Morgan fingerprint density at radius 2 is 1.55 bits per heavy atom. The summed E-state index contributed by atoms with van der Waals surface area (Å²) < 4.78 is 1.36. The molecule has 0 N–H and O–H groups in total. The molecule has 0 atom stereocenters. The van der Waals surface area contributed by atoms with E-state index in [1.807, 2.05) is 11.3 Å². The lowest BCUT2D eigenvalue weighted by molar-refractivity contribution is 0.596. The summed E-state index contributed by atoms with van der Waals surface area (Å²) in [5, 5.41) is 5.17. The number of aromatic nitrogens is 1. The van der Waals surface area contributed by atoms with Gasteiger partial charge in [-0.2, -0.15) is 0 Å². The van der Waals surface area contributed by atoms with Crippen molar-refractivity contribution in [3.63, 3.8) is 0 Å². The van der Waals surface area contributed by atoms with Gasteiger partial charge < -0.3 is 0 Å². The zero-order valence-electron chi connectivity index (χ0n) is 19.0. The Hall–Kier alpha value is -2.71. The van der Waals surface area contributed by atoms with Gasteiger partial charge in [0.25, 0.3) is 0 Å². The van der Waals surface area contributed by atoms with Crippen molar-refractivity contribution in [3.8, 4) is 11.3 Å². The van der Waals surface area contributed by atoms with Gasteiger partial charge in [0.05, 0.1) is 11.2 Å². The molecule has 156 valence electrons. The molecule has 5 rings (SSSR count). The fourth-order valence-electron chi connectivity index (χ4n) is 4.55. The number of benzene rings is 3. The Morgan fingerprint density at radius 1 is 0.839 bits per heavy atom. The van der Waals surface area contributed by atoms with Crippen LogP contribution in [0.4, 0.5) is 0 Å². The Bertz CT molecular complexity index is 1420. The van der Waals surface area contributed by atoms with Crippen LogP contribution in [0.3, 0.4) is 0 Å². The van der Waals surface area contributed by atoms with Gasteiger partial charge in [-0.05, 0) is 58.4 Å². The van der Waals surface area contributed by atoms with Crippen LogP contribution in [0, 0.1) is 5.92 Å². The molecule has 0 aliphatic heterocycles. The van der Waals surface area contributed by atoms with Crippen molar-refractivity contribution in [1.29, 1.82) is 0 Å². The van der Waals surface area contributed by atoms with Crippen LogP contribution in [-0.4, -0.2) is 4.98 Å². The lowest BCUT2D eigenvalue weighted by Gasteiger charge is -2.23. The van der Waals surface area contributed by atoms with Gasteiger partial charge in [0.1, 0.15) is 0 Å². The average molecular weight is 424 g/mol. The van der Waals surface area contributed by atoms with Gasteiger partial charge >= 0.3 is 0 Å². The van der Waals surface area contributed by atoms with Crippen LogP contribution in [0.2, 0.25) is 0 Å². The molecule has 1 nitrogen and oxygen atoms in total. The van der Waals surface area contributed by atoms with Crippen molar-refractivity contribution in [2.75, 3.05) is 0 Å². The number of rotatable bonds is 3. The summed E-state index contributed by atoms with van der Waals surface area (Å²) in [6, 6.07) is 24.4. The zero-order chi connectivity index (χ0) is 21.8. The normalized spacial score (nSPS) is 12.5. The molecule has 0 bridgehead atoms. The molecule has 0 amide bonds. The molecule has 0 aliphatic rings. The fourth-order valence-corrected chi connectivity index (χ4v) is 5.96. The minimum absolute atomic E-state index is 0.0586. The maximum Gasteiger partial charge on any atom is 0.0796 e. The lowest BCUT2D eigenvalue weighted by Crippen LogP contribution is -2.12. The van der Waals surface area contributed by atoms with Crippen molar-refractivity contribution in [1.82, 2.24) is 4.98 Å². The average Bonchev–Trinajstić information content (AvgIpc) is 3.14. The SMILES string of the molecule is CC(C)Cc1cc2c(-c3cc(C(C)(C)C)c4ccccc4c3)nc3ccccc3c2s1. The Morgan fingerprint density at radius 3 is 2.29 bits per heavy atom. The first-order valence-corrected chi connectivity index (χ1v) is 12.0. The van der Waals surface area contributed by atoms with Crippen LogP contribution in [0.5, 0.6) is 0 Å². The minimum atomic E-state index is 0.0586. The Labute approximate surface area is 188 Å². The fraction of sp³-hybridized carbons (Fsp3) is 0.276. The molecule has 5 aromatic rings. The smallest absolute Gasteiger partial charge is 0.0796 e. The number of para-hydroxylation sites is 1. The van der Waals surface area contributed by atoms with Gasteiger partial charge in [-0.25, -0.2) is 4.98 Å². The molecule has 31 heavy (non-hydrogen) atoms. The highest BCUT2D eigenvalue weighted by Crippen LogP contribution is 2.41. The molecule has 3 aromatic carbocycles. The highest BCUT2D eigenvalue weighted by molar-refractivity contribution is 7.20. The molecule has 0 aliphatic carbocycles. The van der Waals surface area contributed by atoms with Crippen molar-refractivity contribution < 1.29 is 0 Å². The minimum Gasteiger partial charge on any atom is -0.247 e. The number of fused-ring (bicyclic) bond motifs is 4. The molecule has 2 heteroatoms. The van der Waals surface area contributed by atoms with E-state index in [1.165, 1.54) is 42.2 Å². The van der Waals surface area contributed by atoms with Crippen LogP contribution in [-0.2, 0) is 11.8 Å². The highest BCUT2D eigenvalue weighted by Gasteiger charge is 2.20. The molecule has 0 fully saturated rings. The first-order valence-electron chi connectivity index (χ1n) is 11.2. The van der Waals surface area contributed by atoms with E-state index in [1.54, 1.807) is 0 Å². The molecular weight excluding hydrogens is 394 g/mol. The second-order valence-corrected chi connectivity index (χ2v) is 11.2. The lowest BCUT2D eigenvalue weighted by atomic mass is 9.82. The molecule has 2 heterocycles. The maximum atomic E-state index is 5.20. The maximum absolute atomic E-state index is 5.20. The van der Waals surface area contributed by atoms with Crippen molar-refractivity contribution in [2.45, 2.75) is 46.5 Å². The van der Waals surface area contributed by atoms with E-state index < -0.39 is 0 Å². The highest BCUT2D eigenvalue weighted by atomic mass is 32.1. The summed E-state index contributed by atoms with van der Waals surface area (Å²) in [7, 11) is 0. The summed E-state index contributed by atoms with van der Waals surface area (Å²) in [6.07, 6.45) is 1.11. The molecule has 0 saturated heterocycles. The van der Waals surface area contributed by atoms with E-state index in [0.29, 0.717) is 5.92 Å². The zero-order valence-corrected chi connectivity index (χ0v) is 19.8. The van der Waals surface area contributed by atoms with Crippen molar-refractivity contribution in [2.24, 2.45) is 5.92 Å². The third kappa shape index (κ3) is 3.64. The van der Waals surface area contributed by atoms with Gasteiger partial charge in [-0.3, -0.25) is 0 Å². The van der Waals surface area contributed by atoms with Crippen LogP contribution in [0.25, 0.3) is 43.0 Å². The van der Waals surface area contributed by atoms with Crippen LogP contribution >= 0.6 is 11.3 Å². The monoisotopic (exact) mass is 423 g/mol. The standard InChI is InChI=1S/C29H29NS/c1-18(2)14-21-17-24-27(30-26-13-9-8-12-23(26)28(24)31-21)20-15-19-10-6-7-11-22(19)25(16-20)29(3,4)5/h6-13,15-18H,14H2,1-5H3. The predicted octanol–water partition coefficient (Wildman–Crippen LogP) is 8.77. The Balaban J connectivity index is 1.85. The summed E-state index contributed by atoms with van der Waals surface area (Å²) in [4.78, 5) is 6.65. The van der Waals surface area contributed by atoms with Crippen molar-refractivity contribution >= 4 is 43.1 Å². The molecule has 0 spiro atoms. The number of nitrogens with zero attached hydrogens (tertiary/aromatic N) is 1. The van der Waals surface area contributed by atoms with Crippen molar-refractivity contribution in [3.05, 3.63) is 77.2 Å². The van der Waals surface area contributed by atoms with Crippen LogP contribution in [0.15, 0.2) is 66.7 Å². The van der Waals surface area contributed by atoms with Gasteiger partial charge in [-0.15, -0.1) is 11.3 Å². The summed E-state index contributed by atoms with van der Waals surface area (Å²) in [6.45, 7) is 11.5. The van der Waals surface area contributed by atoms with E-state index in [-0.39, 0.29) is 5.41 Å². The van der Waals surface area contributed by atoms with Crippen LogP contribution < -0.4 is 0 Å². The van der Waals surface area contributed by atoms with E-state index in [2.05, 4.69) is 101 Å². The first-order chi connectivity index (χ1) is 14.8. The number of thiophene rings is 1. The number of hydrogen-bond donors (Lipinski definition) is 0. The number of hydrogen-bond acceptors (Lipinski definition) is 2. The summed E-state index contributed by atoms with van der Waals surface area (Å²) >= 11 is 1.94. The van der Waals surface area contributed by atoms with Gasteiger partial charge in [-0.1, -0.05) is 77.1 Å². The number of pyridine rings is 1. The quantitative estimate of drug-likeness (QED) is 0.282. The Kier molecular flexibility index (Phi) is 4.86. The predicted molar refractivity (Wildman–Crippen MR) is 137 cm³/mol. The summed E-state index contributed by atoms with van der Waals surface area (Å²) in [5.41, 5.74) is 4.84. The molecule has 0 radical (unpaired) electrons. The topological polar surface area (TPSA) is 12.9 Å². The summed E-state index contributed by atoms with van der Waals surface area (Å²) in [5.74, 6) is 0.642. The van der Waals surface area contributed by atoms with Crippen LogP contribution in [0.1, 0.15) is 45.1 Å². The second kappa shape index (κ2) is 7.46. The molecule has 2 aromatic heterocycles. The second-order valence-electron chi connectivity index (χ2n) is 10.0. The molecular formula is C29H29NS.